The highest BCUT2D eigenvalue weighted by Gasteiger charge is 2.40. The van der Waals surface area contributed by atoms with E-state index >= 15 is 0 Å². The molecule has 4 atom stereocenters. The van der Waals surface area contributed by atoms with Gasteiger partial charge in [-0.15, -0.1) is 0 Å². The molecule has 4 unspecified atom stereocenters. The molecule has 57 heavy (non-hydrogen) atoms. The predicted octanol–water partition coefficient (Wildman–Crippen LogP) is 4.38. The van der Waals surface area contributed by atoms with E-state index in [9.17, 15) is 24.0 Å². The summed E-state index contributed by atoms with van der Waals surface area (Å²) in [7, 11) is 2.55. The van der Waals surface area contributed by atoms with Gasteiger partial charge in [0.05, 0.1) is 37.0 Å². The number of aliphatic imine (C=N–C) groups is 1. The van der Waals surface area contributed by atoms with Gasteiger partial charge in [-0.25, -0.2) is 9.79 Å². The Labute approximate surface area is 333 Å². The van der Waals surface area contributed by atoms with Crippen LogP contribution in [0.1, 0.15) is 53.4 Å². The van der Waals surface area contributed by atoms with Crippen LogP contribution in [0.2, 0.25) is 1.41 Å². The highest BCUT2D eigenvalue weighted by molar-refractivity contribution is 6.02. The molecule has 8 N–H and O–H groups in total. The smallest absolute Gasteiger partial charge is 0.407 e. The molecule has 306 valence electrons. The number of hydrogen-bond acceptors (Lipinski definition) is 11. The Balaban J connectivity index is 1.25. The van der Waals surface area contributed by atoms with Gasteiger partial charge >= 0.3 is 6.09 Å². The number of nitrogens with zero attached hydrogens (tertiary/aromatic N) is 3. The molecule has 0 bridgehead atoms. The van der Waals surface area contributed by atoms with E-state index < -0.39 is 36.2 Å². The largest absolute Gasteiger partial charge is 0.453 e. The number of H-pyrrole nitrogens is 1. The van der Waals surface area contributed by atoms with E-state index in [1.165, 1.54) is 24.1 Å². The lowest BCUT2D eigenvalue weighted by Gasteiger charge is -2.30. The molecule has 17 nitrogen and oxygen atoms in total. The summed E-state index contributed by atoms with van der Waals surface area (Å²) >= 11 is 0. The quantitative estimate of drug-likeness (QED) is 0.0443. The number of anilines is 4. The summed E-state index contributed by atoms with van der Waals surface area (Å²) in [5.41, 5.74) is 16.4. The van der Waals surface area contributed by atoms with Crippen molar-refractivity contribution in [3.63, 3.8) is 0 Å². The first-order valence-electron chi connectivity index (χ1n) is 19.4. The number of carbonyl (C=O) groups excluding carboxylic acids is 5. The Bertz CT molecular complexity index is 2040. The van der Waals surface area contributed by atoms with Gasteiger partial charge in [0.2, 0.25) is 30.0 Å². The number of likely N-dealkylation sites (tertiary alicyclic amines) is 2. The van der Waals surface area contributed by atoms with Gasteiger partial charge in [-0.05, 0) is 73.9 Å². The van der Waals surface area contributed by atoms with Crippen molar-refractivity contribution in [2.45, 2.75) is 77.5 Å². The van der Waals surface area contributed by atoms with Crippen LogP contribution in [0.5, 0.6) is 0 Å². The van der Waals surface area contributed by atoms with Crippen molar-refractivity contribution in [3.05, 3.63) is 48.5 Å². The van der Waals surface area contributed by atoms with Crippen molar-refractivity contribution >= 4 is 58.9 Å². The fraction of sp³-hybridized carbons (Fsp3) is 0.450. The predicted molar refractivity (Wildman–Crippen MR) is 217 cm³/mol. The molecule has 1 aromatic heterocycles. The minimum absolute atomic E-state index is 0.144. The molecule has 2 aromatic carbocycles. The standard InChI is InChI=1S/C40H53N9O8/c1-22(2)34(43-21-57-56-6)38(52)48-17-7-9-32(48)36(50)45-30-13-11-24(19-26(30)41)28-15-16-29(44-28)25-12-14-31(27(42)20-25)46-37(51)33-10-8-18-49(33)39(53)35(23(3)4)47-40(54)55-5/h11-16,19-23,32-35,44H,7-10,17-18,41-42H2,1-6H3,(H,45,50)(H,46,51)(H,47,54)/b43-21-/i/hD. The molecule has 3 heterocycles. The van der Waals surface area contributed by atoms with Gasteiger partial charge in [0, 0.05) is 35.6 Å². The van der Waals surface area contributed by atoms with Crippen molar-refractivity contribution < 1.29 is 39.9 Å². The molecule has 0 saturated carbocycles. The number of nitrogens with two attached hydrogens (primary N) is 2. The fourth-order valence-electron chi connectivity index (χ4n) is 7.10. The van der Waals surface area contributed by atoms with E-state index in [0.717, 1.165) is 6.40 Å². The molecule has 2 aliphatic rings. The van der Waals surface area contributed by atoms with Crippen LogP contribution >= 0.6 is 0 Å². The number of alkyl carbamates (subject to hydrolysis) is 1. The van der Waals surface area contributed by atoms with Crippen molar-refractivity contribution in [3.8, 4) is 22.5 Å². The molecule has 2 saturated heterocycles. The maximum absolute atomic E-state index is 13.5. The first-order valence-corrected chi connectivity index (χ1v) is 19.0. The van der Waals surface area contributed by atoms with Gasteiger partial charge < -0.3 is 51.8 Å². The lowest BCUT2D eigenvalue weighted by Crippen LogP contribution is -2.54. The molecule has 5 amide bonds. The van der Waals surface area contributed by atoms with E-state index in [-0.39, 0.29) is 40.9 Å². The molecule has 17 heteroatoms. The van der Waals surface area contributed by atoms with Crippen molar-refractivity contribution in [1.82, 2.24) is 20.1 Å². The van der Waals surface area contributed by atoms with Crippen LogP contribution in [-0.4, -0.2) is 102 Å². The molecule has 0 spiro atoms. The van der Waals surface area contributed by atoms with E-state index in [2.05, 4.69) is 30.6 Å². The monoisotopic (exact) mass is 788 g/mol. The third kappa shape index (κ3) is 9.83. The molecular formula is C40H53N9O8. The Morgan fingerprint density at radius 3 is 1.75 bits per heavy atom. The normalized spacial score (nSPS) is 18.1. The number of aromatic nitrogens is 1. The number of methoxy groups -OCH3 is 1. The zero-order valence-electron chi connectivity index (χ0n) is 34.1. The van der Waals surface area contributed by atoms with Gasteiger partial charge in [-0.3, -0.25) is 19.2 Å². The van der Waals surface area contributed by atoms with Crippen LogP contribution in [0, 0.1) is 11.8 Å². The third-order valence-corrected chi connectivity index (χ3v) is 10.2. The van der Waals surface area contributed by atoms with Crippen LogP contribution in [-0.2, 0) is 33.7 Å². The summed E-state index contributed by atoms with van der Waals surface area (Å²) in [5.74, 6) is -1.79. The van der Waals surface area contributed by atoms with Crippen molar-refractivity contribution in [2.75, 3.05) is 49.4 Å². The number of rotatable bonds is 14. The van der Waals surface area contributed by atoms with Crippen molar-refractivity contribution in [2.24, 2.45) is 16.8 Å². The summed E-state index contributed by atoms with van der Waals surface area (Å²) in [5, 5.41) is 8.30. The summed E-state index contributed by atoms with van der Waals surface area (Å²) < 4.78 is 13.6. The summed E-state index contributed by atoms with van der Waals surface area (Å²) in [4.78, 5) is 83.4. The Hall–Kier alpha value is -6.10. The van der Waals surface area contributed by atoms with Gasteiger partial charge in [0.1, 0.15) is 24.2 Å². The number of nitrogens with one attached hydrogen (secondary N) is 4. The number of amides is 5. The fourth-order valence-corrected chi connectivity index (χ4v) is 7.10. The molecule has 5 rings (SSSR count). The van der Waals surface area contributed by atoms with Gasteiger partial charge in [-0.1, -0.05) is 39.8 Å². The maximum Gasteiger partial charge on any atom is 0.407 e. The SMILES string of the molecule is [2H]n1c(-c2ccc(NC(=O)C3CCCN3C(=O)C(/N=C\OOC)C(C)C)c(N)c2)ccc1-c1ccc(NC(=O)C2CCCN2C(=O)C(NC(=O)OC)C(C)C)c(N)c1. The second-order valence-electron chi connectivity index (χ2n) is 14.7. The zero-order valence-corrected chi connectivity index (χ0v) is 33.1. The average Bonchev–Trinajstić information content (AvgIpc) is 3.97. The molecule has 0 radical (unpaired) electrons. The Morgan fingerprint density at radius 1 is 0.807 bits per heavy atom. The lowest BCUT2D eigenvalue weighted by atomic mass is 10.0. The van der Waals surface area contributed by atoms with Crippen LogP contribution in [0.3, 0.4) is 0 Å². The number of hydrogen-bond donors (Lipinski definition) is 6. The summed E-state index contributed by atoms with van der Waals surface area (Å²) in [6, 6.07) is 10.6. The van der Waals surface area contributed by atoms with Gasteiger partial charge in [-0.2, -0.15) is 4.89 Å². The minimum Gasteiger partial charge on any atom is -0.453 e. The summed E-state index contributed by atoms with van der Waals surface area (Å²) in [6.45, 7) is 8.11. The van der Waals surface area contributed by atoms with Crippen LogP contribution in [0.4, 0.5) is 27.5 Å². The van der Waals surface area contributed by atoms with Gasteiger partial charge in [0.15, 0.2) is 1.41 Å². The zero-order chi connectivity index (χ0) is 42.3. The van der Waals surface area contributed by atoms with Crippen LogP contribution in [0.15, 0.2) is 53.5 Å². The second kappa shape index (κ2) is 18.7. The molecule has 2 aliphatic heterocycles. The van der Waals surface area contributed by atoms with Gasteiger partial charge in [0.25, 0.3) is 0 Å². The summed E-state index contributed by atoms with van der Waals surface area (Å²) in [6.07, 6.45) is 2.57. The van der Waals surface area contributed by atoms with E-state index in [1.54, 1.807) is 67.3 Å². The van der Waals surface area contributed by atoms with Crippen LogP contribution in [0.25, 0.3) is 22.5 Å². The number of benzene rings is 2. The number of ether oxygens (including phenoxy) is 1. The van der Waals surface area contributed by atoms with E-state index in [0.29, 0.717) is 72.7 Å². The number of carbonyl (C=O) groups is 5. The average molecular weight is 789 g/mol. The molecule has 0 aliphatic carbocycles. The molecule has 3 aromatic rings. The van der Waals surface area contributed by atoms with E-state index in [1.807, 2.05) is 13.8 Å². The third-order valence-electron chi connectivity index (χ3n) is 10.2. The maximum atomic E-state index is 13.5. The second-order valence-corrected chi connectivity index (χ2v) is 14.7. The molecule has 2 fully saturated rings. The van der Waals surface area contributed by atoms with Crippen LogP contribution < -0.4 is 27.4 Å². The first kappa shape index (κ1) is 40.6. The Kier molecular flexibility index (Phi) is 13.3. The minimum atomic E-state index is -0.856. The Morgan fingerprint density at radius 2 is 1.32 bits per heavy atom. The molecular weight excluding hydrogens is 734 g/mol. The van der Waals surface area contributed by atoms with E-state index in [4.69, 9.17) is 17.8 Å². The number of nitrogen functional groups attached to an aromatic ring is 2. The van der Waals surface area contributed by atoms with Crippen molar-refractivity contribution in [1.29, 1.82) is 0 Å². The topological polar surface area (TPSA) is 236 Å². The number of aromatic amines is 1. The highest BCUT2D eigenvalue weighted by atomic mass is 17.2. The highest BCUT2D eigenvalue weighted by Crippen LogP contribution is 2.33. The lowest BCUT2D eigenvalue weighted by molar-refractivity contribution is -0.188. The first-order chi connectivity index (χ1) is 27.7.